The smallest absolute Gasteiger partial charge is 0.303 e. The molecule has 2 saturated heterocycles. The molecule has 29 heavy (non-hydrogen) atoms. The molecule has 2 aliphatic heterocycles. The van der Waals surface area contributed by atoms with Gasteiger partial charge in [0, 0.05) is 24.2 Å². The van der Waals surface area contributed by atoms with E-state index in [0.29, 0.717) is 22.4 Å². The third-order valence-corrected chi connectivity index (χ3v) is 7.92. The largest absolute Gasteiger partial charge is 0.497 e. The number of nitrogens with zero attached hydrogens (tertiary/aromatic N) is 2. The third kappa shape index (κ3) is 4.84. The van der Waals surface area contributed by atoms with Gasteiger partial charge in [-0.05, 0) is 18.6 Å². The summed E-state index contributed by atoms with van der Waals surface area (Å²) < 4.78 is 35.1. The van der Waals surface area contributed by atoms with Gasteiger partial charge in [-0.1, -0.05) is 11.8 Å². The highest BCUT2D eigenvalue weighted by Crippen LogP contribution is 2.45. The van der Waals surface area contributed by atoms with Crippen molar-refractivity contribution in [3.05, 3.63) is 18.2 Å². The van der Waals surface area contributed by atoms with Crippen LogP contribution >= 0.6 is 11.8 Å². The molecule has 0 spiro atoms. The number of aliphatic imine (C=N–C) groups is 1. The van der Waals surface area contributed by atoms with Crippen molar-refractivity contribution in [3.8, 4) is 11.5 Å². The number of fused-ring (bicyclic) bond motifs is 1. The minimum absolute atomic E-state index is 0.00702. The second-order valence-electron chi connectivity index (χ2n) is 6.74. The second kappa shape index (κ2) is 8.62. The lowest BCUT2D eigenvalue weighted by atomic mass is 10.2. The fourth-order valence-electron chi connectivity index (χ4n) is 3.38. The number of carbonyl (C=O) groups excluding carboxylic acids is 1. The molecule has 0 aliphatic carbocycles. The van der Waals surface area contributed by atoms with Gasteiger partial charge in [-0.15, -0.1) is 0 Å². The zero-order valence-corrected chi connectivity index (χ0v) is 17.7. The van der Waals surface area contributed by atoms with Crippen LogP contribution in [0.15, 0.2) is 23.2 Å². The topological polar surface area (TPSA) is 123 Å². The number of rotatable bonds is 7. The number of amides is 1. The monoisotopic (exact) mass is 442 g/mol. The van der Waals surface area contributed by atoms with Gasteiger partial charge in [-0.25, -0.2) is 8.42 Å². The zero-order chi connectivity index (χ0) is 21.2. The van der Waals surface area contributed by atoms with Crippen molar-refractivity contribution in [2.75, 3.05) is 30.6 Å². The van der Waals surface area contributed by atoms with Crippen LogP contribution in [0.25, 0.3) is 0 Å². The quantitative estimate of drug-likeness (QED) is 0.670. The summed E-state index contributed by atoms with van der Waals surface area (Å²) in [4.78, 5) is 28.8. The number of amidine groups is 1. The van der Waals surface area contributed by atoms with Crippen LogP contribution in [0.1, 0.15) is 19.3 Å². The minimum Gasteiger partial charge on any atom is -0.497 e. The van der Waals surface area contributed by atoms with Crippen molar-refractivity contribution < 1.29 is 32.6 Å². The Balaban J connectivity index is 1.96. The van der Waals surface area contributed by atoms with Crippen LogP contribution in [0.3, 0.4) is 0 Å². The first-order valence-electron chi connectivity index (χ1n) is 8.95. The fraction of sp³-hybridized carbons (Fsp3) is 0.500. The minimum atomic E-state index is -3.20. The van der Waals surface area contributed by atoms with Gasteiger partial charge in [-0.3, -0.25) is 9.59 Å². The lowest BCUT2D eigenvalue weighted by molar-refractivity contribution is -0.137. The molecule has 0 radical (unpaired) electrons. The van der Waals surface area contributed by atoms with Crippen LogP contribution in [-0.2, 0) is 19.4 Å². The van der Waals surface area contributed by atoms with Gasteiger partial charge in [0.1, 0.15) is 11.5 Å². The zero-order valence-electron chi connectivity index (χ0n) is 16.0. The molecule has 0 bridgehead atoms. The Labute approximate surface area is 173 Å². The number of anilines is 1. The van der Waals surface area contributed by atoms with E-state index in [1.54, 1.807) is 23.1 Å². The average Bonchev–Trinajstić information content (AvgIpc) is 3.11. The maximum atomic E-state index is 12.3. The van der Waals surface area contributed by atoms with Gasteiger partial charge in [0.05, 0.1) is 37.5 Å². The number of carboxylic acids is 1. The van der Waals surface area contributed by atoms with Crippen molar-refractivity contribution in [2.45, 2.75) is 30.6 Å². The summed E-state index contributed by atoms with van der Waals surface area (Å²) in [5.41, 5.74) is 0.570. The Morgan fingerprint density at radius 1 is 1.24 bits per heavy atom. The number of sulfone groups is 1. The van der Waals surface area contributed by atoms with Crippen molar-refractivity contribution in [1.82, 2.24) is 0 Å². The van der Waals surface area contributed by atoms with Gasteiger partial charge >= 0.3 is 5.97 Å². The molecule has 3 rings (SSSR count). The first-order valence-corrected chi connectivity index (χ1v) is 11.7. The van der Waals surface area contributed by atoms with Crippen molar-refractivity contribution >= 4 is 44.3 Å². The van der Waals surface area contributed by atoms with E-state index >= 15 is 0 Å². The highest BCUT2D eigenvalue weighted by atomic mass is 32.2. The molecule has 0 saturated carbocycles. The molecule has 1 N–H and O–H groups in total. The molecule has 0 aromatic heterocycles. The number of aliphatic carboxylic acids is 1. The molecule has 0 unspecified atom stereocenters. The molecule has 1 amide bonds. The van der Waals surface area contributed by atoms with Gasteiger partial charge in [0.2, 0.25) is 5.91 Å². The molecule has 9 nitrogen and oxygen atoms in total. The van der Waals surface area contributed by atoms with E-state index in [2.05, 4.69) is 4.99 Å². The number of carbonyl (C=O) groups is 2. The van der Waals surface area contributed by atoms with Gasteiger partial charge in [0.15, 0.2) is 15.0 Å². The molecule has 1 aromatic rings. The SMILES string of the molecule is COc1ccc(OC)c(N2C(=NC(=O)CCCC(=O)O)S[C@@H]3CS(=O)(=O)C[C@@H]32)c1. The van der Waals surface area contributed by atoms with E-state index in [1.165, 1.54) is 26.0 Å². The van der Waals surface area contributed by atoms with Gasteiger partial charge in [0.25, 0.3) is 0 Å². The second-order valence-corrected chi connectivity index (χ2v) is 10.1. The van der Waals surface area contributed by atoms with Crippen LogP contribution in [0, 0.1) is 0 Å². The van der Waals surface area contributed by atoms with E-state index in [9.17, 15) is 18.0 Å². The average molecular weight is 443 g/mol. The van der Waals surface area contributed by atoms with E-state index in [0.717, 1.165) is 0 Å². The Morgan fingerprint density at radius 2 is 2.00 bits per heavy atom. The molecular formula is C18H22N2O7S2. The number of carboxylic acid groups (broad SMARTS) is 1. The van der Waals surface area contributed by atoms with Crippen LogP contribution in [0.2, 0.25) is 0 Å². The summed E-state index contributed by atoms with van der Waals surface area (Å²) >= 11 is 1.25. The molecule has 158 valence electrons. The van der Waals surface area contributed by atoms with Crippen LogP contribution in [0.4, 0.5) is 5.69 Å². The highest BCUT2D eigenvalue weighted by Gasteiger charge is 2.50. The van der Waals surface area contributed by atoms with E-state index in [1.807, 2.05) is 0 Å². The number of ether oxygens (including phenoxy) is 2. The number of hydrogen-bond acceptors (Lipinski definition) is 7. The Hall–Kier alpha value is -2.27. The summed E-state index contributed by atoms with van der Waals surface area (Å²) in [5, 5.41) is 8.87. The molecule has 11 heteroatoms. The first-order chi connectivity index (χ1) is 13.7. The summed E-state index contributed by atoms with van der Waals surface area (Å²) in [6.45, 7) is 0. The predicted octanol–water partition coefficient (Wildman–Crippen LogP) is 1.56. The number of benzene rings is 1. The maximum Gasteiger partial charge on any atom is 0.303 e. The molecule has 2 fully saturated rings. The van der Waals surface area contributed by atoms with Crippen LogP contribution in [0.5, 0.6) is 11.5 Å². The molecule has 1 aromatic carbocycles. The van der Waals surface area contributed by atoms with E-state index in [4.69, 9.17) is 14.6 Å². The van der Waals surface area contributed by atoms with Crippen LogP contribution in [-0.4, -0.2) is 67.6 Å². The van der Waals surface area contributed by atoms with Crippen molar-refractivity contribution in [2.24, 2.45) is 4.99 Å². The number of hydrogen-bond donors (Lipinski definition) is 1. The summed E-state index contributed by atoms with van der Waals surface area (Å²) in [5.74, 6) is -0.384. The van der Waals surface area contributed by atoms with E-state index < -0.39 is 21.7 Å². The third-order valence-electron chi connectivity index (χ3n) is 4.71. The summed E-state index contributed by atoms with van der Waals surface area (Å²) in [6, 6.07) is 4.78. The molecular weight excluding hydrogens is 420 g/mol. The van der Waals surface area contributed by atoms with Crippen LogP contribution < -0.4 is 14.4 Å². The number of thioether (sulfide) groups is 1. The highest BCUT2D eigenvalue weighted by molar-refractivity contribution is 8.16. The van der Waals surface area contributed by atoms with E-state index in [-0.39, 0.29) is 42.1 Å². The lowest BCUT2D eigenvalue weighted by Gasteiger charge is -2.26. The van der Waals surface area contributed by atoms with Crippen molar-refractivity contribution in [3.63, 3.8) is 0 Å². The summed E-state index contributed by atoms with van der Waals surface area (Å²) in [6.07, 6.45) is 0.0903. The van der Waals surface area contributed by atoms with Gasteiger partial charge < -0.3 is 19.5 Å². The molecule has 2 aliphatic rings. The fourth-order valence-corrected chi connectivity index (χ4v) is 7.31. The maximum absolute atomic E-state index is 12.3. The van der Waals surface area contributed by atoms with Crippen molar-refractivity contribution in [1.29, 1.82) is 0 Å². The standard InChI is InChI=1S/C18H22N2O7S2/c1-26-11-6-7-14(27-2)12(8-11)20-13-9-29(24,25)10-15(13)28-18(20)19-16(21)4-3-5-17(22)23/h6-8,13,15H,3-5,9-10H2,1-2H3,(H,22,23)/t13-,15+/m0/s1. The lowest BCUT2D eigenvalue weighted by Crippen LogP contribution is -2.38. The summed E-state index contributed by atoms with van der Waals surface area (Å²) in [7, 11) is -0.170. The number of methoxy groups -OCH3 is 2. The molecule has 2 atom stereocenters. The Morgan fingerprint density at radius 3 is 2.66 bits per heavy atom. The normalized spacial score (nSPS) is 23.8. The van der Waals surface area contributed by atoms with Gasteiger partial charge in [-0.2, -0.15) is 4.99 Å². The Bertz CT molecular complexity index is 946. The predicted molar refractivity (Wildman–Crippen MR) is 110 cm³/mol. The first kappa shape index (κ1) is 21.4. The molecule has 2 heterocycles. The Kier molecular flexibility index (Phi) is 6.37.